The second-order valence-corrected chi connectivity index (χ2v) is 3.62. The number of amides is 1. The molecule has 0 fully saturated rings. The van der Waals surface area contributed by atoms with Crippen molar-refractivity contribution in [3.8, 4) is 5.75 Å². The van der Waals surface area contributed by atoms with E-state index in [-0.39, 0.29) is 5.91 Å². The van der Waals surface area contributed by atoms with Gasteiger partial charge in [-0.3, -0.25) is 9.78 Å². The van der Waals surface area contributed by atoms with Crippen LogP contribution in [-0.4, -0.2) is 18.0 Å². The molecule has 18 heavy (non-hydrogen) atoms. The number of nitrogens with one attached hydrogen (secondary N) is 1. The molecule has 0 aliphatic rings. The van der Waals surface area contributed by atoms with E-state index in [1.165, 1.54) is 7.11 Å². The van der Waals surface area contributed by atoms with Gasteiger partial charge in [0, 0.05) is 6.20 Å². The number of rotatable bonds is 3. The Kier molecular flexibility index (Phi) is 3.43. The van der Waals surface area contributed by atoms with Crippen LogP contribution in [0.5, 0.6) is 5.75 Å². The third kappa shape index (κ3) is 2.40. The van der Waals surface area contributed by atoms with E-state index in [0.29, 0.717) is 22.7 Å². The molecule has 0 saturated carbocycles. The van der Waals surface area contributed by atoms with Gasteiger partial charge in [0.1, 0.15) is 5.75 Å². The summed E-state index contributed by atoms with van der Waals surface area (Å²) in [7, 11) is 1.51. The lowest BCUT2D eigenvalue weighted by Gasteiger charge is -2.10. The summed E-state index contributed by atoms with van der Waals surface area (Å²) in [4.78, 5) is 15.9. The van der Waals surface area contributed by atoms with Crippen LogP contribution < -0.4 is 15.8 Å². The minimum Gasteiger partial charge on any atom is -0.495 e. The largest absolute Gasteiger partial charge is 0.495 e. The van der Waals surface area contributed by atoms with E-state index >= 15 is 0 Å². The van der Waals surface area contributed by atoms with E-state index in [4.69, 9.17) is 10.5 Å². The number of pyridine rings is 1. The number of hydrogen-bond donors (Lipinski definition) is 2. The van der Waals surface area contributed by atoms with Crippen molar-refractivity contribution in [1.82, 2.24) is 4.98 Å². The van der Waals surface area contributed by atoms with E-state index < -0.39 is 0 Å². The monoisotopic (exact) mass is 243 g/mol. The van der Waals surface area contributed by atoms with Gasteiger partial charge >= 0.3 is 0 Å². The molecule has 5 nitrogen and oxygen atoms in total. The van der Waals surface area contributed by atoms with E-state index in [1.54, 1.807) is 42.7 Å². The second-order valence-electron chi connectivity index (χ2n) is 3.62. The molecule has 2 rings (SSSR count). The van der Waals surface area contributed by atoms with Crippen LogP contribution in [0.4, 0.5) is 11.4 Å². The Balaban J connectivity index is 2.24. The maximum atomic E-state index is 12.0. The van der Waals surface area contributed by atoms with Crippen LogP contribution in [0.25, 0.3) is 0 Å². The van der Waals surface area contributed by atoms with E-state index in [0.717, 1.165) is 0 Å². The van der Waals surface area contributed by atoms with Crippen LogP contribution >= 0.6 is 0 Å². The van der Waals surface area contributed by atoms with Gasteiger partial charge in [0.2, 0.25) is 0 Å². The topological polar surface area (TPSA) is 77.2 Å². The van der Waals surface area contributed by atoms with Crippen LogP contribution in [0.3, 0.4) is 0 Å². The van der Waals surface area contributed by atoms with E-state index in [9.17, 15) is 4.79 Å². The second kappa shape index (κ2) is 5.18. The Hall–Kier alpha value is -2.56. The third-order valence-electron chi connectivity index (χ3n) is 2.45. The molecule has 0 radical (unpaired) electrons. The van der Waals surface area contributed by atoms with Crippen molar-refractivity contribution in [3.05, 3.63) is 48.3 Å². The van der Waals surface area contributed by atoms with Gasteiger partial charge in [-0.2, -0.15) is 0 Å². The molecule has 1 heterocycles. The number of nitrogen functional groups attached to an aromatic ring is 1. The van der Waals surface area contributed by atoms with Crippen LogP contribution in [-0.2, 0) is 0 Å². The lowest BCUT2D eigenvalue weighted by Crippen LogP contribution is -2.14. The molecule has 1 aromatic carbocycles. The molecule has 1 aromatic heterocycles. The van der Waals surface area contributed by atoms with Crippen LogP contribution in [0, 0.1) is 0 Å². The molecule has 0 saturated heterocycles. The number of nitrogens with two attached hydrogens (primary N) is 1. The predicted octanol–water partition coefficient (Wildman–Crippen LogP) is 1.92. The number of nitrogens with zero attached hydrogens (tertiary/aromatic N) is 1. The molecule has 2 aromatic rings. The average molecular weight is 243 g/mol. The highest BCUT2D eigenvalue weighted by Crippen LogP contribution is 2.25. The van der Waals surface area contributed by atoms with E-state index in [2.05, 4.69) is 10.3 Å². The summed E-state index contributed by atoms with van der Waals surface area (Å²) < 4.78 is 5.07. The Morgan fingerprint density at radius 1 is 1.33 bits per heavy atom. The molecule has 92 valence electrons. The molecular weight excluding hydrogens is 230 g/mol. The van der Waals surface area contributed by atoms with Crippen molar-refractivity contribution in [2.45, 2.75) is 0 Å². The third-order valence-corrected chi connectivity index (χ3v) is 2.45. The molecule has 0 unspecified atom stereocenters. The van der Waals surface area contributed by atoms with Crippen LogP contribution in [0.2, 0.25) is 0 Å². The minimum atomic E-state index is -0.292. The average Bonchev–Trinajstić information content (AvgIpc) is 2.40. The fraction of sp³-hybridized carbons (Fsp3) is 0.0769. The van der Waals surface area contributed by atoms with Crippen molar-refractivity contribution in [2.24, 2.45) is 0 Å². The van der Waals surface area contributed by atoms with Gasteiger partial charge in [-0.25, -0.2) is 0 Å². The zero-order chi connectivity index (χ0) is 13.0. The standard InChI is InChI=1S/C13H13N3O2/c1-18-11-6-2-5-10(12(11)14)13(17)16-9-4-3-7-15-8-9/h2-8H,14H2,1H3,(H,16,17). The first-order valence-electron chi connectivity index (χ1n) is 5.36. The molecule has 0 aliphatic heterocycles. The molecule has 5 heteroatoms. The summed E-state index contributed by atoms with van der Waals surface area (Å²) in [6.45, 7) is 0. The Labute approximate surface area is 105 Å². The number of aromatic nitrogens is 1. The predicted molar refractivity (Wildman–Crippen MR) is 69.6 cm³/mol. The zero-order valence-electron chi connectivity index (χ0n) is 9.88. The SMILES string of the molecule is COc1cccc(C(=O)Nc2cccnc2)c1N. The summed E-state index contributed by atoms with van der Waals surface area (Å²) in [6, 6.07) is 8.55. The first-order valence-corrected chi connectivity index (χ1v) is 5.36. The number of methoxy groups -OCH3 is 1. The summed E-state index contributed by atoms with van der Waals surface area (Å²) in [5.41, 5.74) is 7.16. The fourth-order valence-corrected chi connectivity index (χ4v) is 1.56. The van der Waals surface area contributed by atoms with Gasteiger partial charge < -0.3 is 15.8 Å². The number of carbonyl (C=O) groups is 1. The molecule has 0 aliphatic carbocycles. The quantitative estimate of drug-likeness (QED) is 0.807. The zero-order valence-corrected chi connectivity index (χ0v) is 9.88. The summed E-state index contributed by atoms with van der Waals surface area (Å²) in [5.74, 6) is 0.188. The molecule has 0 bridgehead atoms. The normalized spacial score (nSPS) is 9.83. The van der Waals surface area contributed by atoms with Crippen LogP contribution in [0.15, 0.2) is 42.7 Å². The highest BCUT2D eigenvalue weighted by molar-refractivity contribution is 6.08. The van der Waals surface area contributed by atoms with Crippen molar-refractivity contribution >= 4 is 17.3 Å². The van der Waals surface area contributed by atoms with Crippen molar-refractivity contribution in [2.75, 3.05) is 18.2 Å². The highest BCUT2D eigenvalue weighted by atomic mass is 16.5. The first-order chi connectivity index (χ1) is 8.72. The van der Waals surface area contributed by atoms with Gasteiger partial charge in [-0.15, -0.1) is 0 Å². The van der Waals surface area contributed by atoms with Crippen molar-refractivity contribution in [1.29, 1.82) is 0 Å². The molecule has 0 spiro atoms. The minimum absolute atomic E-state index is 0.292. The lowest BCUT2D eigenvalue weighted by molar-refractivity contribution is 0.102. The Morgan fingerprint density at radius 2 is 2.17 bits per heavy atom. The molecule has 0 atom stereocenters. The van der Waals surface area contributed by atoms with Crippen molar-refractivity contribution in [3.63, 3.8) is 0 Å². The molecule has 1 amide bonds. The number of carbonyl (C=O) groups excluding carboxylic acids is 1. The van der Waals surface area contributed by atoms with Crippen molar-refractivity contribution < 1.29 is 9.53 Å². The molecule has 3 N–H and O–H groups in total. The van der Waals surface area contributed by atoms with E-state index in [1.807, 2.05) is 0 Å². The van der Waals surface area contributed by atoms with Gasteiger partial charge in [-0.1, -0.05) is 6.07 Å². The van der Waals surface area contributed by atoms with Gasteiger partial charge in [0.05, 0.1) is 30.2 Å². The Morgan fingerprint density at radius 3 is 2.83 bits per heavy atom. The first kappa shape index (κ1) is 11.9. The Bertz CT molecular complexity index is 555. The molecular formula is C13H13N3O2. The lowest BCUT2D eigenvalue weighted by atomic mass is 10.1. The fourth-order valence-electron chi connectivity index (χ4n) is 1.56. The smallest absolute Gasteiger partial charge is 0.257 e. The number of para-hydroxylation sites is 1. The number of ether oxygens (including phenoxy) is 1. The summed E-state index contributed by atoms with van der Waals surface area (Å²) in [6.07, 6.45) is 3.20. The number of anilines is 2. The van der Waals surface area contributed by atoms with Gasteiger partial charge in [-0.05, 0) is 24.3 Å². The van der Waals surface area contributed by atoms with Crippen LogP contribution in [0.1, 0.15) is 10.4 Å². The summed E-state index contributed by atoms with van der Waals surface area (Å²) >= 11 is 0. The maximum Gasteiger partial charge on any atom is 0.257 e. The van der Waals surface area contributed by atoms with Gasteiger partial charge in [0.15, 0.2) is 0 Å². The maximum absolute atomic E-state index is 12.0. The number of hydrogen-bond acceptors (Lipinski definition) is 4. The van der Waals surface area contributed by atoms with Gasteiger partial charge in [0.25, 0.3) is 5.91 Å². The summed E-state index contributed by atoms with van der Waals surface area (Å²) in [5, 5.41) is 2.71. The number of benzene rings is 1. The highest BCUT2D eigenvalue weighted by Gasteiger charge is 2.12.